The lowest BCUT2D eigenvalue weighted by atomic mass is 10.1. The lowest BCUT2D eigenvalue weighted by molar-refractivity contribution is 0.169. The third-order valence-corrected chi connectivity index (χ3v) is 3.42. The van der Waals surface area contributed by atoms with E-state index in [0.717, 1.165) is 23.4 Å². The van der Waals surface area contributed by atoms with Crippen molar-refractivity contribution in [1.29, 1.82) is 0 Å². The van der Waals surface area contributed by atoms with Crippen LogP contribution in [0.3, 0.4) is 0 Å². The smallest absolute Gasteiger partial charge is 0.314 e. The molecule has 1 saturated heterocycles. The summed E-state index contributed by atoms with van der Waals surface area (Å²) in [6.07, 6.45) is 0. The van der Waals surface area contributed by atoms with Crippen molar-refractivity contribution in [3.05, 3.63) is 32.6 Å². The molecule has 1 aliphatic heterocycles. The number of nitrogens with zero attached hydrogens (tertiary/aromatic N) is 3. The van der Waals surface area contributed by atoms with E-state index in [2.05, 4.69) is 10.2 Å². The Kier molecular flexibility index (Phi) is 4.72. The first-order chi connectivity index (χ1) is 8.00. The molecule has 0 atom stereocenters. The van der Waals surface area contributed by atoms with Crippen molar-refractivity contribution in [2.24, 2.45) is 14.1 Å². The maximum Gasteiger partial charge on any atom is 0.330 e. The summed E-state index contributed by atoms with van der Waals surface area (Å²) in [7, 11) is 5.20. The standard InChI is InChI=1S/C11H18N4O2.ClH/c1-13(9-5-12-6-9)7-8-4-10(16)15(3)11(17)14(8)2;/h4,9,12H,5-7H2,1-3H3;1H. The number of hydrogen-bond acceptors (Lipinski definition) is 4. The van der Waals surface area contributed by atoms with Crippen LogP contribution in [0.4, 0.5) is 0 Å². The lowest BCUT2D eigenvalue weighted by Gasteiger charge is -2.35. The molecule has 2 heterocycles. The van der Waals surface area contributed by atoms with Gasteiger partial charge in [0, 0.05) is 51.5 Å². The number of aromatic nitrogens is 2. The van der Waals surface area contributed by atoms with E-state index in [-0.39, 0.29) is 23.7 Å². The minimum atomic E-state index is -0.271. The Balaban J connectivity index is 0.00000162. The second-order valence-electron chi connectivity index (χ2n) is 4.60. The molecule has 1 aromatic heterocycles. The molecule has 1 aliphatic rings. The molecule has 1 fully saturated rings. The first-order valence-corrected chi connectivity index (χ1v) is 5.67. The largest absolute Gasteiger partial charge is 0.330 e. The number of halogens is 1. The zero-order valence-corrected chi connectivity index (χ0v) is 11.7. The van der Waals surface area contributed by atoms with Crippen LogP contribution in [0.1, 0.15) is 5.69 Å². The van der Waals surface area contributed by atoms with Gasteiger partial charge in [-0.15, -0.1) is 12.4 Å². The minimum Gasteiger partial charge on any atom is -0.314 e. The Morgan fingerprint density at radius 3 is 2.44 bits per heavy atom. The van der Waals surface area contributed by atoms with Gasteiger partial charge in [-0.2, -0.15) is 0 Å². The molecule has 1 aromatic rings. The van der Waals surface area contributed by atoms with Gasteiger partial charge in [0.2, 0.25) is 0 Å². The highest BCUT2D eigenvalue weighted by Crippen LogP contribution is 2.06. The second kappa shape index (κ2) is 5.69. The molecule has 0 saturated carbocycles. The van der Waals surface area contributed by atoms with Crippen LogP contribution in [-0.2, 0) is 20.6 Å². The predicted octanol–water partition coefficient (Wildman–Crippen LogP) is -1.09. The SMILES string of the molecule is CN(Cc1cc(=O)n(C)c(=O)n1C)C1CNC1.Cl. The molecule has 0 spiro atoms. The fraction of sp³-hybridized carbons (Fsp3) is 0.636. The number of likely N-dealkylation sites (N-methyl/N-ethyl adjacent to an activating group) is 1. The van der Waals surface area contributed by atoms with Crippen molar-refractivity contribution < 1.29 is 0 Å². The van der Waals surface area contributed by atoms with Crippen LogP contribution < -0.4 is 16.6 Å². The van der Waals surface area contributed by atoms with E-state index < -0.39 is 0 Å². The van der Waals surface area contributed by atoms with Crippen molar-refractivity contribution in [2.45, 2.75) is 12.6 Å². The highest BCUT2D eigenvalue weighted by Gasteiger charge is 2.22. The lowest BCUT2D eigenvalue weighted by Crippen LogP contribution is -2.55. The first-order valence-electron chi connectivity index (χ1n) is 5.67. The predicted molar refractivity (Wildman–Crippen MR) is 72.3 cm³/mol. The van der Waals surface area contributed by atoms with Crippen LogP contribution in [-0.4, -0.2) is 40.2 Å². The molecule has 0 aliphatic carbocycles. The zero-order chi connectivity index (χ0) is 12.6. The van der Waals surface area contributed by atoms with Crippen LogP contribution in [0.15, 0.2) is 15.7 Å². The van der Waals surface area contributed by atoms with Crippen LogP contribution in [0.2, 0.25) is 0 Å². The van der Waals surface area contributed by atoms with E-state index in [4.69, 9.17) is 0 Å². The molecule has 0 radical (unpaired) electrons. The maximum absolute atomic E-state index is 11.7. The molecular formula is C11H19ClN4O2. The van der Waals surface area contributed by atoms with Crippen molar-refractivity contribution in [3.8, 4) is 0 Å². The Morgan fingerprint density at radius 2 is 1.94 bits per heavy atom. The highest BCUT2D eigenvalue weighted by atomic mass is 35.5. The molecule has 1 N–H and O–H groups in total. The Hall–Kier alpha value is -1.11. The summed E-state index contributed by atoms with van der Waals surface area (Å²) >= 11 is 0. The van der Waals surface area contributed by atoms with Crippen LogP contribution in [0, 0.1) is 0 Å². The third kappa shape index (κ3) is 2.66. The molecule has 0 unspecified atom stereocenters. The molecule has 102 valence electrons. The van der Waals surface area contributed by atoms with E-state index in [9.17, 15) is 9.59 Å². The van der Waals surface area contributed by atoms with Gasteiger partial charge in [0.05, 0.1) is 0 Å². The fourth-order valence-electron chi connectivity index (χ4n) is 1.90. The van der Waals surface area contributed by atoms with E-state index in [1.165, 1.54) is 17.7 Å². The summed E-state index contributed by atoms with van der Waals surface area (Å²) in [6, 6.07) is 2.03. The Morgan fingerprint density at radius 1 is 1.33 bits per heavy atom. The summed E-state index contributed by atoms with van der Waals surface area (Å²) in [4.78, 5) is 25.5. The molecule has 0 bridgehead atoms. The molecule has 18 heavy (non-hydrogen) atoms. The summed E-state index contributed by atoms with van der Waals surface area (Å²) in [5, 5.41) is 3.20. The summed E-state index contributed by atoms with van der Waals surface area (Å²) in [5.41, 5.74) is 0.239. The summed E-state index contributed by atoms with van der Waals surface area (Å²) in [5.74, 6) is 0. The number of hydrogen-bond donors (Lipinski definition) is 1. The topological polar surface area (TPSA) is 59.3 Å². The van der Waals surface area contributed by atoms with Gasteiger partial charge in [0.1, 0.15) is 0 Å². The van der Waals surface area contributed by atoms with Crippen molar-refractivity contribution in [2.75, 3.05) is 20.1 Å². The second-order valence-corrected chi connectivity index (χ2v) is 4.60. The molecule has 7 heteroatoms. The van der Waals surface area contributed by atoms with E-state index in [1.54, 1.807) is 7.05 Å². The van der Waals surface area contributed by atoms with Gasteiger partial charge in [-0.25, -0.2) is 4.79 Å². The number of nitrogens with one attached hydrogen (secondary N) is 1. The molecule has 2 rings (SSSR count). The van der Waals surface area contributed by atoms with E-state index in [1.807, 2.05) is 7.05 Å². The van der Waals surface area contributed by atoms with E-state index in [0.29, 0.717) is 12.6 Å². The van der Waals surface area contributed by atoms with Gasteiger partial charge < -0.3 is 5.32 Å². The van der Waals surface area contributed by atoms with Gasteiger partial charge in [-0.1, -0.05) is 0 Å². The summed E-state index contributed by atoms with van der Waals surface area (Å²) in [6.45, 7) is 2.55. The van der Waals surface area contributed by atoms with Crippen molar-refractivity contribution >= 4 is 12.4 Å². The van der Waals surface area contributed by atoms with Crippen LogP contribution in [0.5, 0.6) is 0 Å². The minimum absolute atomic E-state index is 0. The summed E-state index contributed by atoms with van der Waals surface area (Å²) < 4.78 is 2.65. The maximum atomic E-state index is 11.7. The molecule has 0 aromatic carbocycles. The van der Waals surface area contributed by atoms with Crippen LogP contribution in [0.25, 0.3) is 0 Å². The quantitative estimate of drug-likeness (QED) is 0.761. The van der Waals surface area contributed by atoms with Gasteiger partial charge >= 0.3 is 5.69 Å². The third-order valence-electron chi connectivity index (χ3n) is 3.42. The van der Waals surface area contributed by atoms with Gasteiger partial charge in [-0.05, 0) is 7.05 Å². The molecular weight excluding hydrogens is 256 g/mol. The average Bonchev–Trinajstić information content (AvgIpc) is 2.20. The fourth-order valence-corrected chi connectivity index (χ4v) is 1.90. The van der Waals surface area contributed by atoms with Gasteiger partial charge in [-0.3, -0.25) is 18.8 Å². The number of rotatable bonds is 3. The first kappa shape index (κ1) is 14.9. The Bertz CT molecular complexity index is 533. The highest BCUT2D eigenvalue weighted by molar-refractivity contribution is 5.85. The van der Waals surface area contributed by atoms with Gasteiger partial charge in [0.25, 0.3) is 5.56 Å². The molecule has 0 amide bonds. The van der Waals surface area contributed by atoms with Crippen molar-refractivity contribution in [1.82, 2.24) is 19.4 Å². The zero-order valence-electron chi connectivity index (χ0n) is 10.8. The molecule has 6 nitrogen and oxygen atoms in total. The van der Waals surface area contributed by atoms with E-state index >= 15 is 0 Å². The van der Waals surface area contributed by atoms with Crippen molar-refractivity contribution in [3.63, 3.8) is 0 Å². The average molecular weight is 275 g/mol. The Labute approximate surface area is 112 Å². The van der Waals surface area contributed by atoms with Crippen LogP contribution >= 0.6 is 12.4 Å². The van der Waals surface area contributed by atoms with Gasteiger partial charge in [0.15, 0.2) is 0 Å². The normalized spacial score (nSPS) is 15.3. The monoisotopic (exact) mass is 274 g/mol.